The van der Waals surface area contributed by atoms with Crippen molar-refractivity contribution in [3.05, 3.63) is 5.73 Å². The second kappa shape index (κ2) is 35.1. The Hall–Kier alpha value is 1.02. The number of hydrogen-bond donors (Lipinski definition) is 0. The van der Waals surface area contributed by atoms with Crippen molar-refractivity contribution in [1.82, 2.24) is 0 Å². The Bertz CT molecular complexity index is 8.00. The molecule has 0 aliphatic rings. The molecule has 0 aromatic heterocycles. The minimum Gasteiger partial charge on any atom is -0.680 e. The third kappa shape index (κ3) is 11.8. The van der Waals surface area contributed by atoms with Gasteiger partial charge in [-0.25, -0.2) is 0 Å². The Balaban J connectivity index is -0.00000000500. The van der Waals surface area contributed by atoms with E-state index in [1.54, 1.807) is 0 Å². The van der Waals surface area contributed by atoms with Gasteiger partial charge in [0.25, 0.3) is 0 Å². The first-order valence-electron chi connectivity index (χ1n) is 0.500. The molecule has 0 bridgehead atoms. The number of hydrogen-bond acceptors (Lipinski definition) is 0. The van der Waals surface area contributed by atoms with E-state index in [2.05, 4.69) is 0 Å². The second-order valence-electron chi connectivity index (χ2n) is 0. The molecule has 1 radical (unpaired) electrons. The van der Waals surface area contributed by atoms with E-state index in [1.165, 1.54) is 7.05 Å². The Labute approximate surface area is 50.9 Å². The van der Waals surface area contributed by atoms with Gasteiger partial charge in [-0.1, -0.05) is 0 Å². The zero-order valence-corrected chi connectivity index (χ0v) is 5.42. The van der Waals surface area contributed by atoms with Crippen LogP contribution in [0, 0.1) is 0 Å². The van der Waals surface area contributed by atoms with E-state index in [-0.39, 0.29) is 38.2 Å². The predicted octanol–water partition coefficient (Wildman–Crippen LogP) is -0.159. The van der Waals surface area contributed by atoms with Crippen LogP contribution in [-0.4, -0.2) is 12.5 Å². The van der Waals surface area contributed by atoms with Crippen molar-refractivity contribution in [3.63, 3.8) is 0 Å². The molecule has 0 aliphatic carbocycles. The summed E-state index contributed by atoms with van der Waals surface area (Å²) < 4.78 is 0. The van der Waals surface area contributed by atoms with Gasteiger partial charge in [-0.15, -0.1) is 0 Å². The molecular weight excluding hydrogens is 131 g/mol. The summed E-state index contributed by atoms with van der Waals surface area (Å²) in [6.07, 6.45) is 0. The van der Waals surface area contributed by atoms with Crippen LogP contribution in [0.1, 0.15) is 0 Å². The van der Waals surface area contributed by atoms with E-state index >= 15 is 0 Å². The Morgan fingerprint density at radius 1 is 1.25 bits per heavy atom. The van der Waals surface area contributed by atoms with Crippen LogP contribution in [0.4, 0.5) is 0 Å². The zero-order chi connectivity index (χ0) is 2.00. The molecule has 0 spiro atoms. The molecule has 0 aromatic carbocycles. The van der Waals surface area contributed by atoms with Crippen LogP contribution in [0.15, 0.2) is 0 Å². The molecule has 3 N–H and O–H groups in total. The van der Waals surface area contributed by atoms with Gasteiger partial charge in [-0.2, -0.15) is 7.05 Å². The molecule has 0 fully saturated rings. The number of nitrogens with one attached hydrogen (secondary N) is 1. The maximum atomic E-state index is 5.75. The minimum absolute atomic E-state index is 0. The SMILES string of the molecule is C[NH-].O.[Y]. The van der Waals surface area contributed by atoms with Crippen molar-refractivity contribution in [2.45, 2.75) is 0 Å². The fourth-order valence-corrected chi connectivity index (χ4v) is 0. The smallest absolute Gasteiger partial charge is 0 e. The van der Waals surface area contributed by atoms with Crippen molar-refractivity contribution in [3.8, 4) is 0 Å². The quantitative estimate of drug-likeness (QED) is 0.445. The summed E-state index contributed by atoms with van der Waals surface area (Å²) in [6.45, 7) is 0. The molecule has 0 amide bonds. The Morgan fingerprint density at radius 2 is 1.25 bits per heavy atom. The van der Waals surface area contributed by atoms with Gasteiger partial charge in [0, 0.05) is 32.7 Å². The summed E-state index contributed by atoms with van der Waals surface area (Å²) in [6, 6.07) is 0. The normalized spacial score (nSPS) is 1.50. The van der Waals surface area contributed by atoms with Crippen LogP contribution in [0.5, 0.6) is 0 Å². The van der Waals surface area contributed by atoms with Gasteiger partial charge in [0.05, 0.1) is 0 Å². The van der Waals surface area contributed by atoms with Crippen LogP contribution in [-0.2, 0) is 32.7 Å². The minimum atomic E-state index is 0. The fourth-order valence-electron chi connectivity index (χ4n) is 0. The first-order valence-corrected chi connectivity index (χ1v) is 0.500. The summed E-state index contributed by atoms with van der Waals surface area (Å²) in [4.78, 5) is 0. The summed E-state index contributed by atoms with van der Waals surface area (Å²) in [5.74, 6) is 0. The van der Waals surface area contributed by atoms with Crippen molar-refractivity contribution in [1.29, 1.82) is 0 Å². The molecule has 0 aliphatic heterocycles. The Kier molecular flexibility index (Phi) is 174. The Morgan fingerprint density at radius 3 is 1.25 bits per heavy atom. The van der Waals surface area contributed by atoms with E-state index in [0.717, 1.165) is 0 Å². The standard InChI is InChI=1S/CH4N.H2O.Y/c1-2;;/h2H,1H3;1H2;/q-1;;. The maximum absolute atomic E-state index is 5.75. The average Bonchev–Trinajstić information content (AvgIpc) is 1.00. The van der Waals surface area contributed by atoms with Gasteiger partial charge in [-0.3, -0.25) is 0 Å². The van der Waals surface area contributed by atoms with Crippen LogP contribution in [0.3, 0.4) is 0 Å². The van der Waals surface area contributed by atoms with Crippen LogP contribution in [0.2, 0.25) is 0 Å². The van der Waals surface area contributed by atoms with Gasteiger partial charge < -0.3 is 11.2 Å². The molecular formula is CH6NOY-. The van der Waals surface area contributed by atoms with Crippen LogP contribution in [0.25, 0.3) is 5.73 Å². The third-order valence-electron chi connectivity index (χ3n) is 0. The average molecular weight is 137 g/mol. The maximum Gasteiger partial charge on any atom is 0 e. The van der Waals surface area contributed by atoms with E-state index in [0.29, 0.717) is 0 Å². The van der Waals surface area contributed by atoms with Crippen molar-refractivity contribution in [2.75, 3.05) is 7.05 Å². The molecule has 0 saturated heterocycles. The topological polar surface area (TPSA) is 55.3 Å². The van der Waals surface area contributed by atoms with Gasteiger partial charge in [0.2, 0.25) is 0 Å². The number of rotatable bonds is 0. The molecule has 0 rings (SSSR count). The zero-order valence-electron chi connectivity index (χ0n) is 2.58. The molecule has 3 heteroatoms. The van der Waals surface area contributed by atoms with Gasteiger partial charge in [0.15, 0.2) is 0 Å². The molecule has 25 valence electrons. The summed E-state index contributed by atoms with van der Waals surface area (Å²) in [5, 5.41) is 0. The monoisotopic (exact) mass is 137 g/mol. The molecule has 0 aromatic rings. The van der Waals surface area contributed by atoms with Crippen LogP contribution < -0.4 is 0 Å². The second-order valence-corrected chi connectivity index (χ2v) is 0. The molecule has 0 atom stereocenters. The first kappa shape index (κ1) is 19.9. The predicted molar refractivity (Wildman–Crippen MR) is 13.9 cm³/mol. The van der Waals surface area contributed by atoms with Gasteiger partial charge in [0.1, 0.15) is 0 Å². The summed E-state index contributed by atoms with van der Waals surface area (Å²) in [5.41, 5.74) is 5.75. The van der Waals surface area contributed by atoms with Crippen molar-refractivity contribution < 1.29 is 38.2 Å². The molecule has 4 heavy (non-hydrogen) atoms. The fraction of sp³-hybridized carbons (Fsp3) is 1.00. The molecule has 0 heterocycles. The van der Waals surface area contributed by atoms with Crippen molar-refractivity contribution in [2.24, 2.45) is 0 Å². The van der Waals surface area contributed by atoms with Crippen LogP contribution >= 0.6 is 0 Å². The molecule has 2 nitrogen and oxygen atoms in total. The molecule has 0 unspecified atom stereocenters. The van der Waals surface area contributed by atoms with E-state index in [1.807, 2.05) is 0 Å². The largest absolute Gasteiger partial charge is 0.680 e. The van der Waals surface area contributed by atoms with Gasteiger partial charge >= 0.3 is 0 Å². The van der Waals surface area contributed by atoms with E-state index < -0.39 is 0 Å². The summed E-state index contributed by atoms with van der Waals surface area (Å²) >= 11 is 0. The molecule has 0 saturated carbocycles. The van der Waals surface area contributed by atoms with Crippen molar-refractivity contribution >= 4 is 0 Å². The van der Waals surface area contributed by atoms with Gasteiger partial charge in [-0.05, 0) is 0 Å². The van der Waals surface area contributed by atoms with E-state index in [4.69, 9.17) is 5.73 Å². The summed E-state index contributed by atoms with van der Waals surface area (Å²) in [7, 11) is 1.25. The third-order valence-corrected chi connectivity index (χ3v) is 0. The van der Waals surface area contributed by atoms with E-state index in [9.17, 15) is 0 Å². The first-order chi connectivity index (χ1) is 1.00.